The van der Waals surface area contributed by atoms with E-state index in [0.29, 0.717) is 0 Å². The molecule has 4 heteroatoms. The fourth-order valence-corrected chi connectivity index (χ4v) is 4.74. The zero-order chi connectivity index (χ0) is 27.3. The molecule has 0 heterocycles. The molecular weight excluding hydrogens is 454 g/mol. The van der Waals surface area contributed by atoms with Gasteiger partial charge in [0.25, 0.3) is 0 Å². The number of rotatable bonds is 11. The number of phenols is 1. The van der Waals surface area contributed by atoms with Gasteiger partial charge in [0.05, 0.1) is 5.54 Å². The Labute approximate surface area is 224 Å². The Morgan fingerprint density at radius 1 is 1.03 bits per heavy atom. The van der Waals surface area contributed by atoms with E-state index in [9.17, 15) is 5.11 Å². The van der Waals surface area contributed by atoms with Gasteiger partial charge in [-0.15, -0.1) is 0 Å². The lowest BCUT2D eigenvalue weighted by Gasteiger charge is -2.41. The molecule has 0 spiro atoms. The Kier molecular flexibility index (Phi) is 12.0. The normalized spacial score (nSPS) is 14.1. The van der Waals surface area contributed by atoms with Crippen molar-refractivity contribution in [2.24, 2.45) is 0 Å². The molecule has 0 amide bonds. The molecule has 3 rings (SSSR count). The SMILES string of the molecule is C=CN(CCCN/C(C)=C/C(=C)c1ccccc1O)C1(c2ccccc2)CCCC1.CC(C)=C(C)C=N. The lowest BCUT2D eigenvalue weighted by molar-refractivity contribution is 0.148. The number of nitrogens with zero attached hydrogens (tertiary/aromatic N) is 1. The maximum absolute atomic E-state index is 9.99. The first-order valence-corrected chi connectivity index (χ1v) is 13.2. The molecule has 0 radical (unpaired) electrons. The summed E-state index contributed by atoms with van der Waals surface area (Å²) in [6, 6.07) is 18.2. The number of nitrogens with one attached hydrogen (secondary N) is 2. The van der Waals surface area contributed by atoms with Crippen molar-refractivity contribution in [1.82, 2.24) is 10.2 Å². The Morgan fingerprint density at radius 2 is 1.65 bits per heavy atom. The van der Waals surface area contributed by atoms with Crippen molar-refractivity contribution in [3.63, 3.8) is 0 Å². The third-order valence-corrected chi connectivity index (χ3v) is 7.14. The summed E-state index contributed by atoms with van der Waals surface area (Å²) in [6.07, 6.45) is 11.3. The third-order valence-electron chi connectivity index (χ3n) is 7.14. The van der Waals surface area contributed by atoms with Gasteiger partial charge >= 0.3 is 0 Å². The molecule has 2 aromatic rings. The molecule has 0 unspecified atom stereocenters. The number of para-hydroxylation sites is 1. The number of benzene rings is 2. The summed E-state index contributed by atoms with van der Waals surface area (Å²) >= 11 is 0. The highest BCUT2D eigenvalue weighted by Gasteiger charge is 2.39. The summed E-state index contributed by atoms with van der Waals surface area (Å²) in [7, 11) is 0. The average Bonchev–Trinajstić information content (AvgIpc) is 3.40. The minimum atomic E-state index is 0.0903. The predicted molar refractivity (Wildman–Crippen MR) is 160 cm³/mol. The molecule has 198 valence electrons. The second-order valence-electron chi connectivity index (χ2n) is 9.96. The van der Waals surface area contributed by atoms with E-state index in [2.05, 4.69) is 53.7 Å². The van der Waals surface area contributed by atoms with Crippen LogP contribution in [0.25, 0.3) is 5.57 Å². The number of phenolic OH excluding ortho intramolecular Hbond substituents is 1. The summed E-state index contributed by atoms with van der Waals surface area (Å²) < 4.78 is 0. The molecule has 0 bridgehead atoms. The average molecular weight is 500 g/mol. The molecule has 0 saturated heterocycles. The molecule has 3 N–H and O–H groups in total. The van der Waals surface area contributed by atoms with E-state index in [-0.39, 0.29) is 11.3 Å². The number of aromatic hydroxyl groups is 1. The van der Waals surface area contributed by atoms with Gasteiger partial charge in [-0.25, -0.2) is 0 Å². The van der Waals surface area contributed by atoms with Crippen molar-refractivity contribution in [3.8, 4) is 5.75 Å². The van der Waals surface area contributed by atoms with Gasteiger partial charge < -0.3 is 20.7 Å². The van der Waals surface area contributed by atoms with Crippen LogP contribution in [-0.2, 0) is 5.54 Å². The van der Waals surface area contributed by atoms with Gasteiger partial charge in [-0.05, 0) is 82.0 Å². The monoisotopic (exact) mass is 499 g/mol. The molecule has 2 aromatic carbocycles. The van der Waals surface area contributed by atoms with E-state index < -0.39 is 0 Å². The van der Waals surface area contributed by atoms with Crippen LogP contribution in [-0.4, -0.2) is 29.3 Å². The molecule has 1 aliphatic rings. The van der Waals surface area contributed by atoms with Gasteiger partial charge in [-0.3, -0.25) is 0 Å². The molecule has 0 atom stereocenters. The summed E-state index contributed by atoms with van der Waals surface area (Å²) in [6.45, 7) is 18.0. The van der Waals surface area contributed by atoms with E-state index >= 15 is 0 Å². The highest BCUT2D eigenvalue weighted by Crippen LogP contribution is 2.44. The van der Waals surface area contributed by atoms with Crippen LogP contribution >= 0.6 is 0 Å². The maximum Gasteiger partial charge on any atom is 0.123 e. The second-order valence-corrected chi connectivity index (χ2v) is 9.96. The Morgan fingerprint density at radius 3 is 2.19 bits per heavy atom. The fraction of sp³-hybridized carbons (Fsp3) is 0.364. The van der Waals surface area contributed by atoms with Gasteiger partial charge in [0, 0.05) is 30.6 Å². The molecule has 0 aliphatic heterocycles. The summed E-state index contributed by atoms with van der Waals surface area (Å²) in [5.74, 6) is 0.260. The van der Waals surface area contributed by atoms with Gasteiger partial charge in [0.2, 0.25) is 0 Å². The minimum Gasteiger partial charge on any atom is -0.507 e. The second kappa shape index (κ2) is 14.9. The van der Waals surface area contributed by atoms with Crippen LogP contribution in [0.1, 0.15) is 70.9 Å². The van der Waals surface area contributed by atoms with E-state index in [1.165, 1.54) is 43.0 Å². The predicted octanol–water partition coefficient (Wildman–Crippen LogP) is 8.20. The molecule has 1 aliphatic carbocycles. The van der Waals surface area contributed by atoms with Crippen molar-refractivity contribution < 1.29 is 5.11 Å². The first kappa shape index (κ1) is 29.7. The summed E-state index contributed by atoms with van der Waals surface area (Å²) in [5, 5.41) is 20.2. The maximum atomic E-state index is 9.99. The molecule has 1 fully saturated rings. The van der Waals surface area contributed by atoms with Gasteiger partial charge in [-0.1, -0.05) is 80.1 Å². The van der Waals surface area contributed by atoms with Crippen LogP contribution in [0.2, 0.25) is 0 Å². The van der Waals surface area contributed by atoms with Gasteiger partial charge in [-0.2, -0.15) is 0 Å². The van der Waals surface area contributed by atoms with Crippen LogP contribution in [0.15, 0.2) is 96.9 Å². The first-order chi connectivity index (χ1) is 17.7. The smallest absolute Gasteiger partial charge is 0.123 e. The lowest BCUT2D eigenvalue weighted by atomic mass is 9.86. The number of allylic oxidation sites excluding steroid dienone is 5. The fourth-order valence-electron chi connectivity index (χ4n) is 4.74. The molecule has 0 aromatic heterocycles. The van der Waals surface area contributed by atoms with Crippen LogP contribution in [0.5, 0.6) is 5.75 Å². The number of hydrogen-bond donors (Lipinski definition) is 3. The zero-order valence-corrected chi connectivity index (χ0v) is 23.2. The molecular formula is C33H45N3O. The standard InChI is InChI=1S/C27H34N2O.C6H11N/c1-4-29(27(17-10-11-18-27)24-13-6-5-7-14-24)20-12-19-28-23(3)21-22(2)25-15-8-9-16-26(25)30;1-5(2)6(3)4-7/h4-9,13-16,21,28,30H,1-2,10-12,17-20H2,3H3;4,7H,1-3H3/b23-21+;. The van der Waals surface area contributed by atoms with E-state index in [4.69, 9.17) is 5.41 Å². The minimum absolute atomic E-state index is 0.0903. The topological polar surface area (TPSA) is 59.4 Å². The van der Waals surface area contributed by atoms with Crippen LogP contribution in [0.4, 0.5) is 0 Å². The molecule has 1 saturated carbocycles. The highest BCUT2D eigenvalue weighted by molar-refractivity contribution is 5.76. The summed E-state index contributed by atoms with van der Waals surface area (Å²) in [5.41, 5.74) is 6.39. The van der Waals surface area contributed by atoms with E-state index in [1.807, 2.05) is 58.2 Å². The summed E-state index contributed by atoms with van der Waals surface area (Å²) in [4.78, 5) is 2.46. The Hall–Kier alpha value is -3.53. The Bertz CT molecular complexity index is 1090. The van der Waals surface area contributed by atoms with E-state index in [0.717, 1.165) is 41.9 Å². The third kappa shape index (κ3) is 8.52. The van der Waals surface area contributed by atoms with Crippen molar-refractivity contribution in [2.75, 3.05) is 13.1 Å². The van der Waals surface area contributed by atoms with E-state index in [1.54, 1.807) is 6.07 Å². The van der Waals surface area contributed by atoms with Crippen molar-refractivity contribution in [2.45, 2.75) is 65.3 Å². The highest BCUT2D eigenvalue weighted by atomic mass is 16.3. The zero-order valence-electron chi connectivity index (χ0n) is 23.2. The van der Waals surface area contributed by atoms with Crippen molar-refractivity contribution >= 4 is 11.8 Å². The molecule has 4 nitrogen and oxygen atoms in total. The Balaban J connectivity index is 0.000000604. The van der Waals surface area contributed by atoms with Crippen LogP contribution < -0.4 is 5.32 Å². The lowest BCUT2D eigenvalue weighted by Crippen LogP contribution is -2.41. The largest absolute Gasteiger partial charge is 0.507 e. The van der Waals surface area contributed by atoms with Gasteiger partial charge in [0.1, 0.15) is 5.75 Å². The van der Waals surface area contributed by atoms with Crippen LogP contribution in [0, 0.1) is 5.41 Å². The van der Waals surface area contributed by atoms with Crippen LogP contribution in [0.3, 0.4) is 0 Å². The van der Waals surface area contributed by atoms with Crippen molar-refractivity contribution in [1.29, 1.82) is 5.41 Å². The quantitative estimate of drug-likeness (QED) is 0.166. The van der Waals surface area contributed by atoms with Crippen molar-refractivity contribution in [3.05, 3.63) is 108 Å². The molecule has 37 heavy (non-hydrogen) atoms. The first-order valence-electron chi connectivity index (χ1n) is 13.2. The number of hydrogen-bond acceptors (Lipinski definition) is 4. The van der Waals surface area contributed by atoms with Gasteiger partial charge in [0.15, 0.2) is 0 Å².